The van der Waals surface area contributed by atoms with Gasteiger partial charge in [0.25, 0.3) is 0 Å². The first-order chi connectivity index (χ1) is 9.31. The summed E-state index contributed by atoms with van der Waals surface area (Å²) in [5.41, 5.74) is 8.35. The Bertz CT molecular complexity index is 430. The number of hydrogen-bond acceptors (Lipinski definition) is 4. The van der Waals surface area contributed by atoms with Gasteiger partial charge in [-0.25, -0.2) is 0 Å². The lowest BCUT2D eigenvalue weighted by molar-refractivity contribution is -0.190. The van der Waals surface area contributed by atoms with Gasteiger partial charge in [0.1, 0.15) is 0 Å². The Kier molecular flexibility index (Phi) is 3.84. The van der Waals surface area contributed by atoms with Crippen LogP contribution in [0.1, 0.15) is 24.0 Å². The first kappa shape index (κ1) is 13.1. The van der Waals surface area contributed by atoms with Crippen molar-refractivity contribution in [2.45, 2.75) is 31.7 Å². The molecule has 3 rings (SSSR count). The average Bonchev–Trinajstić information content (AvgIpc) is 2.87. The predicted octanol–water partition coefficient (Wildman–Crippen LogP) is 1.48. The fourth-order valence-corrected chi connectivity index (χ4v) is 3.09. The highest BCUT2D eigenvalue weighted by Gasteiger charge is 2.40. The molecule has 0 saturated carbocycles. The van der Waals surface area contributed by atoms with E-state index in [0.29, 0.717) is 6.54 Å². The third-order valence-corrected chi connectivity index (χ3v) is 4.04. The molecule has 2 heterocycles. The van der Waals surface area contributed by atoms with E-state index in [2.05, 4.69) is 23.1 Å². The van der Waals surface area contributed by atoms with E-state index in [9.17, 15) is 0 Å². The van der Waals surface area contributed by atoms with Gasteiger partial charge in [-0.2, -0.15) is 0 Å². The number of nitrogens with two attached hydrogens (primary N) is 1. The molecule has 2 fully saturated rings. The highest BCUT2D eigenvalue weighted by molar-refractivity contribution is 5.26. The van der Waals surface area contributed by atoms with Crippen molar-refractivity contribution in [3.63, 3.8) is 0 Å². The lowest BCUT2D eigenvalue weighted by Crippen LogP contribution is -2.48. The summed E-state index contributed by atoms with van der Waals surface area (Å²) in [5, 5.41) is 0. The fraction of sp³-hybridized carbons (Fsp3) is 0.600. The maximum atomic E-state index is 5.82. The number of ether oxygens (including phenoxy) is 2. The van der Waals surface area contributed by atoms with E-state index in [-0.39, 0.29) is 5.79 Å². The molecule has 104 valence electrons. The zero-order chi connectivity index (χ0) is 13.1. The lowest BCUT2D eigenvalue weighted by Gasteiger charge is -2.38. The predicted molar refractivity (Wildman–Crippen MR) is 73.5 cm³/mol. The fourth-order valence-electron chi connectivity index (χ4n) is 3.09. The molecule has 0 unspecified atom stereocenters. The van der Waals surface area contributed by atoms with E-state index < -0.39 is 0 Å². The molecule has 1 spiro atoms. The summed E-state index contributed by atoms with van der Waals surface area (Å²) in [4.78, 5) is 2.42. The Labute approximate surface area is 114 Å². The molecule has 0 atom stereocenters. The summed E-state index contributed by atoms with van der Waals surface area (Å²) in [6.07, 6.45) is 2.15. The van der Waals surface area contributed by atoms with Gasteiger partial charge in [-0.15, -0.1) is 0 Å². The van der Waals surface area contributed by atoms with E-state index in [1.807, 2.05) is 6.07 Å². The number of likely N-dealkylation sites (tertiary alicyclic amines) is 1. The van der Waals surface area contributed by atoms with Gasteiger partial charge in [-0.1, -0.05) is 24.3 Å². The van der Waals surface area contributed by atoms with Crippen LogP contribution in [0.5, 0.6) is 0 Å². The van der Waals surface area contributed by atoms with Crippen molar-refractivity contribution in [3.8, 4) is 0 Å². The summed E-state index contributed by atoms with van der Waals surface area (Å²) < 4.78 is 11.6. The minimum absolute atomic E-state index is 0.337. The molecule has 2 aliphatic rings. The third kappa shape index (κ3) is 2.82. The van der Waals surface area contributed by atoms with Gasteiger partial charge in [0.15, 0.2) is 5.79 Å². The van der Waals surface area contributed by atoms with Crippen molar-refractivity contribution in [2.75, 3.05) is 26.3 Å². The second kappa shape index (κ2) is 5.59. The molecule has 19 heavy (non-hydrogen) atoms. The molecule has 0 amide bonds. The van der Waals surface area contributed by atoms with E-state index in [0.717, 1.165) is 45.7 Å². The molecule has 0 aromatic heterocycles. The molecule has 2 N–H and O–H groups in total. The van der Waals surface area contributed by atoms with Gasteiger partial charge in [0.2, 0.25) is 0 Å². The second-order valence-corrected chi connectivity index (χ2v) is 5.39. The Balaban J connectivity index is 1.69. The number of rotatable bonds is 3. The van der Waals surface area contributed by atoms with Crippen LogP contribution >= 0.6 is 0 Å². The summed E-state index contributed by atoms with van der Waals surface area (Å²) in [7, 11) is 0. The normalized spacial score (nSPS) is 23.0. The van der Waals surface area contributed by atoms with Gasteiger partial charge in [-0.3, -0.25) is 4.90 Å². The molecule has 0 aliphatic carbocycles. The van der Waals surface area contributed by atoms with Gasteiger partial charge in [0.05, 0.1) is 19.8 Å². The number of benzene rings is 1. The Morgan fingerprint density at radius 1 is 1.16 bits per heavy atom. The first-order valence-electron chi connectivity index (χ1n) is 7.08. The van der Waals surface area contributed by atoms with Crippen LogP contribution in [0.15, 0.2) is 24.3 Å². The Morgan fingerprint density at radius 3 is 2.63 bits per heavy atom. The second-order valence-electron chi connectivity index (χ2n) is 5.39. The Morgan fingerprint density at radius 2 is 1.89 bits per heavy atom. The van der Waals surface area contributed by atoms with Gasteiger partial charge in [0, 0.05) is 19.5 Å². The highest BCUT2D eigenvalue weighted by atomic mass is 16.7. The topological polar surface area (TPSA) is 47.7 Å². The smallest absolute Gasteiger partial charge is 0.181 e. The zero-order valence-corrected chi connectivity index (χ0v) is 11.3. The molecule has 0 radical (unpaired) electrons. The maximum Gasteiger partial charge on any atom is 0.181 e. The number of nitrogens with zero attached hydrogens (tertiary/aromatic N) is 1. The van der Waals surface area contributed by atoms with Crippen LogP contribution in [0, 0.1) is 0 Å². The average molecular weight is 262 g/mol. The van der Waals surface area contributed by atoms with Crippen LogP contribution in [0.25, 0.3) is 0 Å². The molecule has 2 saturated heterocycles. The lowest BCUT2D eigenvalue weighted by atomic mass is 10.0. The summed E-state index contributed by atoms with van der Waals surface area (Å²) >= 11 is 0. The summed E-state index contributed by atoms with van der Waals surface area (Å²) in [5.74, 6) is -0.337. The van der Waals surface area contributed by atoms with Gasteiger partial charge in [-0.05, 0) is 24.1 Å². The highest BCUT2D eigenvalue weighted by Crippen LogP contribution is 2.30. The monoisotopic (exact) mass is 262 g/mol. The minimum atomic E-state index is -0.337. The van der Waals surface area contributed by atoms with Crippen LogP contribution in [0.2, 0.25) is 0 Å². The summed E-state index contributed by atoms with van der Waals surface area (Å²) in [6.45, 7) is 4.96. The largest absolute Gasteiger partial charge is 0.346 e. The van der Waals surface area contributed by atoms with Crippen LogP contribution < -0.4 is 5.73 Å². The van der Waals surface area contributed by atoms with Crippen LogP contribution in [0.3, 0.4) is 0 Å². The van der Waals surface area contributed by atoms with Crippen molar-refractivity contribution in [3.05, 3.63) is 35.4 Å². The first-order valence-corrected chi connectivity index (χ1v) is 7.08. The quantitative estimate of drug-likeness (QED) is 0.896. The Hall–Kier alpha value is -0.940. The van der Waals surface area contributed by atoms with Crippen LogP contribution in [-0.2, 0) is 22.6 Å². The summed E-state index contributed by atoms with van der Waals surface area (Å²) in [6, 6.07) is 8.40. The molecule has 4 heteroatoms. The van der Waals surface area contributed by atoms with E-state index in [4.69, 9.17) is 15.2 Å². The number of hydrogen-bond donors (Lipinski definition) is 1. The molecule has 1 aromatic carbocycles. The minimum Gasteiger partial charge on any atom is -0.346 e. The van der Waals surface area contributed by atoms with Crippen LogP contribution in [0.4, 0.5) is 0 Å². The van der Waals surface area contributed by atoms with Gasteiger partial charge < -0.3 is 15.2 Å². The zero-order valence-electron chi connectivity index (χ0n) is 11.3. The SMILES string of the molecule is NCc1ccccc1CN1CCCC2(C1)OCCO2. The number of piperidine rings is 1. The maximum absolute atomic E-state index is 5.82. The molecule has 1 aromatic rings. The van der Waals surface area contributed by atoms with E-state index >= 15 is 0 Å². The molecule has 0 bridgehead atoms. The molecular formula is C15H22N2O2. The van der Waals surface area contributed by atoms with Crippen molar-refractivity contribution >= 4 is 0 Å². The van der Waals surface area contributed by atoms with Crippen molar-refractivity contribution < 1.29 is 9.47 Å². The van der Waals surface area contributed by atoms with Crippen molar-refractivity contribution in [1.82, 2.24) is 4.90 Å². The van der Waals surface area contributed by atoms with Crippen molar-refractivity contribution in [2.24, 2.45) is 5.73 Å². The van der Waals surface area contributed by atoms with Crippen LogP contribution in [-0.4, -0.2) is 37.0 Å². The third-order valence-electron chi connectivity index (χ3n) is 4.04. The van der Waals surface area contributed by atoms with E-state index in [1.54, 1.807) is 0 Å². The van der Waals surface area contributed by atoms with Gasteiger partial charge >= 0.3 is 0 Å². The molecule has 2 aliphatic heterocycles. The molecule has 4 nitrogen and oxygen atoms in total. The molecular weight excluding hydrogens is 240 g/mol. The van der Waals surface area contributed by atoms with E-state index in [1.165, 1.54) is 11.1 Å². The standard InChI is InChI=1S/C15H22N2O2/c16-10-13-4-1-2-5-14(13)11-17-7-3-6-15(12-17)18-8-9-19-15/h1-2,4-5H,3,6-12,16H2. The van der Waals surface area contributed by atoms with Crippen molar-refractivity contribution in [1.29, 1.82) is 0 Å².